The van der Waals surface area contributed by atoms with E-state index in [1.54, 1.807) is 13.0 Å². The summed E-state index contributed by atoms with van der Waals surface area (Å²) in [6, 6.07) is 3.25. The van der Waals surface area contributed by atoms with Gasteiger partial charge in [-0.25, -0.2) is 8.42 Å². The summed E-state index contributed by atoms with van der Waals surface area (Å²) in [6.07, 6.45) is -0.219. The van der Waals surface area contributed by atoms with Gasteiger partial charge in [-0.1, -0.05) is 0 Å². The van der Waals surface area contributed by atoms with Crippen LogP contribution in [0.15, 0.2) is 21.5 Å². The Kier molecular flexibility index (Phi) is 4.44. The Hall–Kier alpha value is -0.630. The van der Waals surface area contributed by atoms with Crippen LogP contribution in [-0.4, -0.2) is 38.0 Å². The fraction of sp³-hybridized carbons (Fsp3) is 0.538. The smallest absolute Gasteiger partial charge is 0.243 e. The van der Waals surface area contributed by atoms with Gasteiger partial charge in [0.05, 0.1) is 17.1 Å². The van der Waals surface area contributed by atoms with E-state index in [1.807, 2.05) is 13.8 Å². The molecule has 1 heterocycles. The van der Waals surface area contributed by atoms with Crippen molar-refractivity contribution in [3.8, 4) is 0 Å². The molecule has 5 nitrogen and oxygen atoms in total. The maximum absolute atomic E-state index is 12.8. The number of ether oxygens (including phenoxy) is 1. The summed E-state index contributed by atoms with van der Waals surface area (Å²) in [5.41, 5.74) is 6.91. The molecule has 1 aromatic carbocycles. The number of sulfonamides is 1. The van der Waals surface area contributed by atoms with Crippen LogP contribution in [-0.2, 0) is 14.8 Å². The number of hydrogen-bond donors (Lipinski definition) is 1. The molecule has 0 aliphatic carbocycles. The van der Waals surface area contributed by atoms with Crippen molar-refractivity contribution < 1.29 is 13.2 Å². The van der Waals surface area contributed by atoms with Crippen LogP contribution in [0.3, 0.4) is 0 Å². The first-order chi connectivity index (χ1) is 9.21. The van der Waals surface area contributed by atoms with Gasteiger partial charge in [0.25, 0.3) is 0 Å². The monoisotopic (exact) mass is 362 g/mol. The Morgan fingerprint density at radius 1 is 1.30 bits per heavy atom. The van der Waals surface area contributed by atoms with Crippen LogP contribution in [0.5, 0.6) is 0 Å². The van der Waals surface area contributed by atoms with Gasteiger partial charge in [-0.15, -0.1) is 0 Å². The number of benzene rings is 1. The van der Waals surface area contributed by atoms with Gasteiger partial charge >= 0.3 is 0 Å². The van der Waals surface area contributed by atoms with Crippen molar-refractivity contribution in [1.82, 2.24) is 4.31 Å². The van der Waals surface area contributed by atoms with E-state index in [4.69, 9.17) is 10.5 Å². The van der Waals surface area contributed by atoms with Crippen LogP contribution in [0.25, 0.3) is 0 Å². The maximum atomic E-state index is 12.8. The molecule has 1 saturated heterocycles. The number of anilines is 1. The molecule has 1 aliphatic heterocycles. The number of aryl methyl sites for hydroxylation is 1. The van der Waals surface area contributed by atoms with Crippen LogP contribution in [0.4, 0.5) is 5.69 Å². The van der Waals surface area contributed by atoms with Crippen molar-refractivity contribution in [3.05, 3.63) is 22.2 Å². The highest BCUT2D eigenvalue weighted by molar-refractivity contribution is 9.10. The summed E-state index contributed by atoms with van der Waals surface area (Å²) in [5.74, 6) is 0. The number of halogens is 1. The minimum Gasteiger partial charge on any atom is -0.398 e. The summed E-state index contributed by atoms with van der Waals surface area (Å²) < 4.78 is 33.3. The molecule has 0 aromatic heterocycles. The number of rotatable bonds is 2. The molecular formula is C13H19BrN2O3S. The Labute approximate surface area is 128 Å². The van der Waals surface area contributed by atoms with Crippen LogP contribution in [0.2, 0.25) is 0 Å². The summed E-state index contributed by atoms with van der Waals surface area (Å²) in [5, 5.41) is 0. The van der Waals surface area contributed by atoms with Gasteiger partial charge < -0.3 is 10.5 Å². The fourth-order valence-electron chi connectivity index (χ4n) is 2.41. The van der Waals surface area contributed by atoms with Crippen LogP contribution >= 0.6 is 15.9 Å². The molecule has 0 bridgehead atoms. The van der Waals surface area contributed by atoms with E-state index in [2.05, 4.69) is 15.9 Å². The van der Waals surface area contributed by atoms with E-state index >= 15 is 0 Å². The lowest BCUT2D eigenvalue weighted by atomic mass is 10.2. The van der Waals surface area contributed by atoms with Crippen molar-refractivity contribution in [2.45, 2.75) is 37.9 Å². The largest absolute Gasteiger partial charge is 0.398 e. The molecule has 20 heavy (non-hydrogen) atoms. The normalized spacial score (nSPS) is 24.8. The minimum absolute atomic E-state index is 0.110. The van der Waals surface area contributed by atoms with Crippen molar-refractivity contribution >= 4 is 31.6 Å². The van der Waals surface area contributed by atoms with Crippen LogP contribution in [0, 0.1) is 6.92 Å². The van der Waals surface area contributed by atoms with Gasteiger partial charge in [0.2, 0.25) is 10.0 Å². The molecule has 0 spiro atoms. The zero-order valence-electron chi connectivity index (χ0n) is 11.8. The first-order valence-corrected chi connectivity index (χ1v) is 8.66. The SMILES string of the molecule is Cc1cc(Br)c(N)cc1S(=O)(=O)N1CC(C)OC(C)C1. The Morgan fingerprint density at radius 2 is 1.85 bits per heavy atom. The first-order valence-electron chi connectivity index (χ1n) is 6.43. The summed E-state index contributed by atoms with van der Waals surface area (Å²) in [7, 11) is -3.55. The molecule has 0 saturated carbocycles. The second-order valence-electron chi connectivity index (χ2n) is 5.22. The van der Waals surface area contributed by atoms with Gasteiger partial charge in [-0.2, -0.15) is 4.31 Å². The number of nitrogens with two attached hydrogens (primary N) is 1. The first kappa shape index (κ1) is 15.8. The fourth-order valence-corrected chi connectivity index (χ4v) is 4.70. The van der Waals surface area contributed by atoms with E-state index in [1.165, 1.54) is 10.4 Å². The molecule has 2 rings (SSSR count). The molecule has 2 unspecified atom stereocenters. The number of morpholine rings is 1. The average molecular weight is 363 g/mol. The number of hydrogen-bond acceptors (Lipinski definition) is 4. The zero-order chi connectivity index (χ0) is 15.1. The maximum Gasteiger partial charge on any atom is 0.243 e. The van der Waals surface area contributed by atoms with Crippen molar-refractivity contribution in [2.75, 3.05) is 18.8 Å². The second kappa shape index (κ2) is 5.63. The van der Waals surface area contributed by atoms with Gasteiger partial charge in [-0.05, 0) is 54.4 Å². The van der Waals surface area contributed by atoms with Gasteiger partial charge in [0.15, 0.2) is 0 Å². The van der Waals surface area contributed by atoms with Gasteiger partial charge in [0.1, 0.15) is 0 Å². The molecule has 1 fully saturated rings. The molecule has 112 valence electrons. The van der Waals surface area contributed by atoms with Crippen molar-refractivity contribution in [1.29, 1.82) is 0 Å². The summed E-state index contributed by atoms with van der Waals surface area (Å²) >= 11 is 3.31. The minimum atomic E-state index is -3.55. The zero-order valence-corrected chi connectivity index (χ0v) is 14.2. The lowest BCUT2D eigenvalue weighted by Crippen LogP contribution is -2.48. The third-order valence-electron chi connectivity index (χ3n) is 3.30. The molecule has 7 heteroatoms. The predicted molar refractivity (Wildman–Crippen MR) is 82.1 cm³/mol. The number of nitrogens with zero attached hydrogens (tertiary/aromatic N) is 1. The molecular weight excluding hydrogens is 344 g/mol. The van der Waals surface area contributed by atoms with Gasteiger partial charge in [0, 0.05) is 23.2 Å². The summed E-state index contributed by atoms with van der Waals surface area (Å²) in [4.78, 5) is 0.263. The second-order valence-corrected chi connectivity index (χ2v) is 7.98. The Bertz CT molecular complexity index is 608. The third-order valence-corrected chi connectivity index (χ3v) is 5.96. The lowest BCUT2D eigenvalue weighted by molar-refractivity contribution is -0.0440. The van der Waals surface area contributed by atoms with E-state index in [9.17, 15) is 8.42 Å². The van der Waals surface area contributed by atoms with Gasteiger partial charge in [-0.3, -0.25) is 0 Å². The quantitative estimate of drug-likeness (QED) is 0.818. The van der Waals surface area contributed by atoms with E-state index < -0.39 is 10.0 Å². The average Bonchev–Trinajstić information content (AvgIpc) is 2.32. The highest BCUT2D eigenvalue weighted by Gasteiger charge is 2.33. The van der Waals surface area contributed by atoms with Crippen LogP contribution < -0.4 is 5.73 Å². The Morgan fingerprint density at radius 3 is 2.40 bits per heavy atom. The molecule has 2 N–H and O–H groups in total. The molecule has 1 aliphatic rings. The van der Waals surface area contributed by atoms with Crippen molar-refractivity contribution in [2.24, 2.45) is 0 Å². The lowest BCUT2D eigenvalue weighted by Gasteiger charge is -2.34. The Balaban J connectivity index is 2.42. The predicted octanol–water partition coefficient (Wildman–Crippen LogP) is 2.14. The van der Waals surface area contributed by atoms with Crippen LogP contribution in [0.1, 0.15) is 19.4 Å². The highest BCUT2D eigenvalue weighted by atomic mass is 79.9. The topological polar surface area (TPSA) is 72.6 Å². The standard InChI is InChI=1S/C13H19BrN2O3S/c1-8-4-11(14)12(15)5-13(8)20(17,18)16-6-9(2)19-10(3)7-16/h4-5,9-10H,6-7,15H2,1-3H3. The molecule has 0 amide bonds. The van der Waals surface area contributed by atoms with E-state index in [0.29, 0.717) is 28.8 Å². The highest BCUT2D eigenvalue weighted by Crippen LogP contribution is 2.29. The van der Waals surface area contributed by atoms with Crippen molar-refractivity contribution in [3.63, 3.8) is 0 Å². The summed E-state index contributed by atoms with van der Waals surface area (Å²) in [6.45, 7) is 6.25. The molecule has 2 atom stereocenters. The third kappa shape index (κ3) is 3.00. The van der Waals surface area contributed by atoms with E-state index in [0.717, 1.165) is 0 Å². The molecule has 0 radical (unpaired) electrons. The number of nitrogen functional groups attached to an aromatic ring is 1. The molecule has 1 aromatic rings. The van der Waals surface area contributed by atoms with E-state index in [-0.39, 0.29) is 17.1 Å².